The van der Waals surface area contributed by atoms with Gasteiger partial charge < -0.3 is 10.1 Å². The minimum Gasteiger partial charge on any atom is -0.493 e. The summed E-state index contributed by atoms with van der Waals surface area (Å²) in [5, 5.41) is 2.79. The van der Waals surface area contributed by atoms with Crippen molar-refractivity contribution in [3.8, 4) is 5.75 Å². The van der Waals surface area contributed by atoms with Crippen LogP contribution in [0.2, 0.25) is 0 Å². The smallest absolute Gasteiger partial charge is 0.261 e. The maximum Gasteiger partial charge on any atom is 0.261 e. The second-order valence-electron chi connectivity index (χ2n) is 6.52. The fourth-order valence-electron chi connectivity index (χ4n) is 2.71. The van der Waals surface area contributed by atoms with Gasteiger partial charge >= 0.3 is 0 Å². The van der Waals surface area contributed by atoms with Gasteiger partial charge in [0.25, 0.3) is 10.0 Å². The summed E-state index contributed by atoms with van der Waals surface area (Å²) in [5.41, 5.74) is 0.876. The van der Waals surface area contributed by atoms with Crippen LogP contribution in [0.5, 0.6) is 5.75 Å². The van der Waals surface area contributed by atoms with Crippen LogP contribution in [0.25, 0.3) is 0 Å². The van der Waals surface area contributed by atoms with E-state index in [0.717, 1.165) is 6.42 Å². The molecule has 0 unspecified atom stereocenters. The number of sulfonamides is 1. The first-order chi connectivity index (χ1) is 12.8. The van der Waals surface area contributed by atoms with E-state index in [2.05, 4.69) is 26.0 Å². The number of carbonyl (C=O) groups excluding carboxylic acids is 1. The lowest BCUT2D eigenvalue weighted by atomic mass is 10.3. The van der Waals surface area contributed by atoms with E-state index < -0.39 is 10.0 Å². The molecule has 0 saturated heterocycles. The Kier molecular flexibility index (Phi) is 5.76. The molecule has 144 valence electrons. The van der Waals surface area contributed by atoms with Gasteiger partial charge in [-0.25, -0.2) is 8.42 Å². The predicted molar refractivity (Wildman–Crippen MR) is 108 cm³/mol. The lowest BCUT2D eigenvalue weighted by Crippen LogP contribution is -2.16. The molecule has 1 fully saturated rings. The Morgan fingerprint density at radius 3 is 2.59 bits per heavy atom. The van der Waals surface area contributed by atoms with Crippen molar-refractivity contribution in [2.45, 2.75) is 25.2 Å². The number of nitrogens with one attached hydrogen (secondary N) is 2. The molecule has 1 saturated carbocycles. The van der Waals surface area contributed by atoms with Crippen molar-refractivity contribution in [2.24, 2.45) is 11.8 Å². The summed E-state index contributed by atoms with van der Waals surface area (Å²) < 4.78 is 34.0. The van der Waals surface area contributed by atoms with Gasteiger partial charge in [-0.05, 0) is 71.6 Å². The van der Waals surface area contributed by atoms with Crippen molar-refractivity contribution in [1.29, 1.82) is 0 Å². The number of rotatable bonds is 7. The van der Waals surface area contributed by atoms with Crippen LogP contribution in [0, 0.1) is 11.8 Å². The molecule has 2 N–H and O–H groups in total. The minimum atomic E-state index is -3.79. The number of amides is 1. The van der Waals surface area contributed by atoms with E-state index in [1.807, 2.05) is 13.8 Å². The van der Waals surface area contributed by atoms with Gasteiger partial charge in [0.15, 0.2) is 0 Å². The summed E-state index contributed by atoms with van der Waals surface area (Å²) in [5.74, 6) is 0.973. The van der Waals surface area contributed by atoms with Gasteiger partial charge in [-0.15, -0.1) is 0 Å². The highest BCUT2D eigenvalue weighted by atomic mass is 79.9. The molecule has 6 nitrogen and oxygen atoms in total. The monoisotopic (exact) mass is 452 g/mol. The normalized spacial score (nSPS) is 18.6. The third kappa shape index (κ3) is 4.81. The Morgan fingerprint density at radius 1 is 1.22 bits per heavy atom. The summed E-state index contributed by atoms with van der Waals surface area (Å²) in [6, 6.07) is 11.2. The molecule has 2 atom stereocenters. The summed E-state index contributed by atoms with van der Waals surface area (Å²) >= 11 is 3.37. The number of ether oxygens (including phenoxy) is 1. The second kappa shape index (κ2) is 7.90. The number of halogens is 1. The van der Waals surface area contributed by atoms with Crippen LogP contribution in [-0.2, 0) is 14.8 Å². The van der Waals surface area contributed by atoms with E-state index in [1.54, 1.807) is 30.3 Å². The quantitative estimate of drug-likeness (QED) is 0.657. The molecule has 0 heterocycles. The van der Waals surface area contributed by atoms with Crippen molar-refractivity contribution in [3.05, 3.63) is 46.9 Å². The van der Waals surface area contributed by atoms with Crippen LogP contribution < -0.4 is 14.8 Å². The topological polar surface area (TPSA) is 84.5 Å². The molecular weight excluding hydrogens is 432 g/mol. The highest BCUT2D eigenvalue weighted by Crippen LogP contribution is 2.38. The average molecular weight is 453 g/mol. The lowest BCUT2D eigenvalue weighted by molar-refractivity contribution is -0.117. The van der Waals surface area contributed by atoms with E-state index in [1.165, 1.54) is 12.1 Å². The molecule has 3 rings (SSSR count). The summed E-state index contributed by atoms with van der Waals surface area (Å²) in [4.78, 5) is 12.1. The van der Waals surface area contributed by atoms with Crippen molar-refractivity contribution < 1.29 is 17.9 Å². The summed E-state index contributed by atoms with van der Waals surface area (Å²) in [6.45, 7) is 4.41. The van der Waals surface area contributed by atoms with Gasteiger partial charge in [-0.3, -0.25) is 9.52 Å². The molecule has 0 radical (unpaired) electrons. The number of hydrogen-bond acceptors (Lipinski definition) is 4. The van der Waals surface area contributed by atoms with Crippen molar-refractivity contribution >= 4 is 43.2 Å². The van der Waals surface area contributed by atoms with Crippen molar-refractivity contribution in [3.63, 3.8) is 0 Å². The fourth-order valence-corrected chi connectivity index (χ4v) is 4.30. The molecule has 0 bridgehead atoms. The minimum absolute atomic E-state index is 0.0181. The summed E-state index contributed by atoms with van der Waals surface area (Å²) in [7, 11) is -3.79. The average Bonchev–Trinajstić information content (AvgIpc) is 3.34. The molecule has 1 amide bonds. The maximum absolute atomic E-state index is 12.7. The van der Waals surface area contributed by atoms with Crippen LogP contribution in [0.1, 0.15) is 20.3 Å². The lowest BCUT2D eigenvalue weighted by Gasteiger charge is -2.12. The number of benzene rings is 2. The van der Waals surface area contributed by atoms with Crippen LogP contribution in [0.4, 0.5) is 11.4 Å². The molecule has 8 heteroatoms. The third-order valence-corrected chi connectivity index (χ3v) is 6.34. The number of anilines is 2. The standard InChI is InChI=1S/C19H21BrN2O4S/c1-3-26-18-8-7-14(11-17(18)20)22-27(24,25)15-6-4-5-13(10-15)21-19(23)16-9-12(16)2/h4-8,10-12,16,22H,3,9H2,1-2H3,(H,21,23)/t12-,16+/m0/s1. The SMILES string of the molecule is CCOc1ccc(NS(=O)(=O)c2cccc(NC(=O)[C@@H]3C[C@@H]3C)c2)cc1Br. The molecule has 0 spiro atoms. The second-order valence-corrected chi connectivity index (χ2v) is 9.06. The Labute approximate surface area is 167 Å². The number of hydrogen-bond donors (Lipinski definition) is 2. The molecule has 0 aromatic heterocycles. The fraction of sp³-hybridized carbons (Fsp3) is 0.316. The van der Waals surface area contributed by atoms with Gasteiger partial charge in [0.05, 0.1) is 21.7 Å². The molecule has 27 heavy (non-hydrogen) atoms. The Hall–Kier alpha value is -2.06. The van der Waals surface area contributed by atoms with Crippen LogP contribution in [-0.4, -0.2) is 20.9 Å². The van der Waals surface area contributed by atoms with Gasteiger partial charge in [-0.1, -0.05) is 13.0 Å². The van der Waals surface area contributed by atoms with E-state index in [-0.39, 0.29) is 16.7 Å². The Bertz CT molecular complexity index is 962. The highest BCUT2D eigenvalue weighted by molar-refractivity contribution is 9.10. The zero-order valence-electron chi connectivity index (χ0n) is 15.0. The largest absolute Gasteiger partial charge is 0.493 e. The van der Waals surface area contributed by atoms with Gasteiger partial charge in [0.2, 0.25) is 5.91 Å². The first kappa shape index (κ1) is 19.7. The van der Waals surface area contributed by atoms with Gasteiger partial charge in [0, 0.05) is 11.6 Å². The van der Waals surface area contributed by atoms with Crippen molar-refractivity contribution in [2.75, 3.05) is 16.6 Å². The summed E-state index contributed by atoms with van der Waals surface area (Å²) in [6.07, 6.45) is 0.873. The zero-order chi connectivity index (χ0) is 19.6. The third-order valence-electron chi connectivity index (χ3n) is 4.34. The Morgan fingerprint density at radius 2 is 1.96 bits per heavy atom. The predicted octanol–water partition coefficient (Wildman–Crippen LogP) is 4.24. The molecule has 2 aromatic rings. The van der Waals surface area contributed by atoms with Crippen molar-refractivity contribution in [1.82, 2.24) is 0 Å². The Balaban J connectivity index is 1.75. The van der Waals surface area contributed by atoms with E-state index >= 15 is 0 Å². The molecule has 1 aliphatic rings. The molecular formula is C19H21BrN2O4S. The van der Waals surface area contributed by atoms with Crippen LogP contribution in [0.15, 0.2) is 51.8 Å². The number of carbonyl (C=O) groups is 1. The first-order valence-electron chi connectivity index (χ1n) is 8.66. The first-order valence-corrected chi connectivity index (χ1v) is 10.9. The highest BCUT2D eigenvalue weighted by Gasteiger charge is 2.39. The molecule has 1 aliphatic carbocycles. The van der Waals surface area contributed by atoms with E-state index in [4.69, 9.17) is 4.74 Å². The van der Waals surface area contributed by atoms with Gasteiger partial charge in [0.1, 0.15) is 5.75 Å². The van der Waals surface area contributed by atoms with Crippen LogP contribution >= 0.6 is 15.9 Å². The molecule has 0 aliphatic heterocycles. The van der Waals surface area contributed by atoms with E-state index in [0.29, 0.717) is 34.1 Å². The zero-order valence-corrected chi connectivity index (χ0v) is 17.4. The van der Waals surface area contributed by atoms with E-state index in [9.17, 15) is 13.2 Å². The van der Waals surface area contributed by atoms with Crippen LogP contribution in [0.3, 0.4) is 0 Å². The molecule has 2 aromatic carbocycles. The maximum atomic E-state index is 12.7. The van der Waals surface area contributed by atoms with Gasteiger partial charge in [-0.2, -0.15) is 0 Å².